The maximum atomic E-state index is 12.5. The minimum Gasteiger partial charge on any atom is -0.478 e. The highest BCUT2D eigenvalue weighted by atomic mass is 32.1. The van der Waals surface area contributed by atoms with E-state index in [1.807, 2.05) is 19.9 Å². The summed E-state index contributed by atoms with van der Waals surface area (Å²) in [7, 11) is 1.81. The lowest BCUT2D eigenvalue weighted by atomic mass is 9.87. The summed E-state index contributed by atoms with van der Waals surface area (Å²) in [6.07, 6.45) is 2.63. The number of aryl methyl sites for hydroxylation is 1. The predicted molar refractivity (Wildman–Crippen MR) is 86.7 cm³/mol. The van der Waals surface area contributed by atoms with Gasteiger partial charge in [-0.3, -0.25) is 4.79 Å². The van der Waals surface area contributed by atoms with Crippen molar-refractivity contribution < 1.29 is 14.7 Å². The second-order valence-electron chi connectivity index (χ2n) is 6.29. The van der Waals surface area contributed by atoms with Crippen molar-refractivity contribution in [3.63, 3.8) is 0 Å². The summed E-state index contributed by atoms with van der Waals surface area (Å²) in [4.78, 5) is 26.3. The molecule has 21 heavy (non-hydrogen) atoms. The standard InChI is InChI=1S/C16H23NO3S/c1-10-9-13(21-12(10)7-8-14(18)19)15(20)17(6)11(2)16(3,4)5/h7-9,11H,1-6H3,(H,18,19)/b8-7+. The Bertz CT molecular complexity index is 567. The zero-order valence-electron chi connectivity index (χ0n) is 13.4. The molecule has 1 aromatic rings. The monoisotopic (exact) mass is 309 g/mol. The van der Waals surface area contributed by atoms with Gasteiger partial charge < -0.3 is 10.0 Å². The highest BCUT2D eigenvalue weighted by Gasteiger charge is 2.28. The molecule has 4 nitrogen and oxygen atoms in total. The lowest BCUT2D eigenvalue weighted by molar-refractivity contribution is -0.131. The average Bonchev–Trinajstić information content (AvgIpc) is 2.74. The topological polar surface area (TPSA) is 57.6 Å². The molecule has 0 radical (unpaired) electrons. The summed E-state index contributed by atoms with van der Waals surface area (Å²) >= 11 is 1.32. The van der Waals surface area contributed by atoms with Crippen LogP contribution in [-0.4, -0.2) is 35.0 Å². The lowest BCUT2D eigenvalue weighted by Crippen LogP contribution is -2.42. The zero-order valence-corrected chi connectivity index (χ0v) is 14.2. The normalized spacial score (nSPS) is 13.4. The largest absolute Gasteiger partial charge is 0.478 e. The number of hydrogen-bond acceptors (Lipinski definition) is 3. The van der Waals surface area contributed by atoms with Gasteiger partial charge in [0, 0.05) is 24.0 Å². The Morgan fingerprint density at radius 3 is 2.43 bits per heavy atom. The van der Waals surface area contributed by atoms with E-state index in [2.05, 4.69) is 20.8 Å². The number of thiophene rings is 1. The minimum atomic E-state index is -0.992. The van der Waals surface area contributed by atoms with Crippen LogP contribution in [0.2, 0.25) is 0 Å². The summed E-state index contributed by atoms with van der Waals surface area (Å²) in [5.74, 6) is -1.02. The number of carbonyl (C=O) groups is 2. The van der Waals surface area contributed by atoms with Crippen LogP contribution >= 0.6 is 11.3 Å². The number of amides is 1. The van der Waals surface area contributed by atoms with E-state index < -0.39 is 5.97 Å². The number of aliphatic carboxylic acids is 1. The number of nitrogens with zero attached hydrogens (tertiary/aromatic N) is 1. The molecule has 0 aliphatic rings. The van der Waals surface area contributed by atoms with Crippen molar-refractivity contribution in [3.8, 4) is 0 Å². The molecule has 1 aromatic heterocycles. The van der Waals surface area contributed by atoms with E-state index in [0.717, 1.165) is 16.5 Å². The molecule has 1 amide bonds. The van der Waals surface area contributed by atoms with Gasteiger partial charge in [0.25, 0.3) is 5.91 Å². The number of rotatable bonds is 4. The van der Waals surface area contributed by atoms with Crippen LogP contribution < -0.4 is 0 Å². The van der Waals surface area contributed by atoms with E-state index in [1.54, 1.807) is 11.9 Å². The molecule has 1 rings (SSSR count). The van der Waals surface area contributed by atoms with E-state index in [4.69, 9.17) is 5.11 Å². The highest BCUT2D eigenvalue weighted by molar-refractivity contribution is 7.15. The second kappa shape index (κ2) is 6.43. The van der Waals surface area contributed by atoms with E-state index >= 15 is 0 Å². The lowest BCUT2D eigenvalue weighted by Gasteiger charge is -2.35. The summed E-state index contributed by atoms with van der Waals surface area (Å²) < 4.78 is 0. The van der Waals surface area contributed by atoms with Crippen molar-refractivity contribution >= 4 is 29.3 Å². The number of carboxylic acid groups (broad SMARTS) is 1. The van der Waals surface area contributed by atoms with Gasteiger partial charge in [-0.2, -0.15) is 0 Å². The van der Waals surface area contributed by atoms with E-state index in [0.29, 0.717) is 4.88 Å². The maximum Gasteiger partial charge on any atom is 0.328 e. The third-order valence-corrected chi connectivity index (χ3v) is 4.89. The number of carbonyl (C=O) groups excluding carboxylic acids is 1. The van der Waals surface area contributed by atoms with Gasteiger partial charge in [0.1, 0.15) is 0 Å². The van der Waals surface area contributed by atoms with Gasteiger partial charge in [-0.05, 0) is 37.0 Å². The van der Waals surface area contributed by atoms with Crippen molar-refractivity contribution in [1.29, 1.82) is 0 Å². The number of carboxylic acids is 1. The Labute approximate surface area is 130 Å². The molecule has 0 saturated carbocycles. The molecule has 0 aliphatic carbocycles. The van der Waals surface area contributed by atoms with Crippen LogP contribution in [0.5, 0.6) is 0 Å². The van der Waals surface area contributed by atoms with Crippen LogP contribution in [0.15, 0.2) is 12.1 Å². The molecule has 1 unspecified atom stereocenters. The summed E-state index contributed by atoms with van der Waals surface area (Å²) in [6.45, 7) is 10.2. The van der Waals surface area contributed by atoms with Gasteiger partial charge in [-0.1, -0.05) is 20.8 Å². The first-order valence-electron chi connectivity index (χ1n) is 6.82. The van der Waals surface area contributed by atoms with Gasteiger partial charge in [-0.25, -0.2) is 4.79 Å². The molecule has 0 bridgehead atoms. The summed E-state index contributed by atoms with van der Waals surface area (Å²) in [6, 6.07) is 1.92. The third kappa shape index (κ3) is 4.43. The van der Waals surface area contributed by atoms with Gasteiger partial charge in [0.15, 0.2) is 0 Å². The maximum absolute atomic E-state index is 12.5. The molecule has 1 N–H and O–H groups in total. The Morgan fingerprint density at radius 2 is 1.95 bits per heavy atom. The molecule has 0 spiro atoms. The fourth-order valence-electron chi connectivity index (χ4n) is 1.84. The molecule has 0 fully saturated rings. The number of hydrogen-bond donors (Lipinski definition) is 1. The molecular weight excluding hydrogens is 286 g/mol. The second-order valence-corrected chi connectivity index (χ2v) is 7.37. The van der Waals surface area contributed by atoms with E-state index in [9.17, 15) is 9.59 Å². The Hall–Kier alpha value is -1.62. The van der Waals surface area contributed by atoms with Crippen LogP contribution in [0, 0.1) is 12.3 Å². The Morgan fingerprint density at radius 1 is 1.38 bits per heavy atom. The molecule has 5 heteroatoms. The van der Waals surface area contributed by atoms with Crippen LogP contribution in [-0.2, 0) is 4.79 Å². The first kappa shape index (κ1) is 17.4. The van der Waals surface area contributed by atoms with Crippen LogP contribution in [0.3, 0.4) is 0 Å². The van der Waals surface area contributed by atoms with Crippen LogP contribution in [0.25, 0.3) is 6.08 Å². The fraction of sp³-hybridized carbons (Fsp3) is 0.500. The van der Waals surface area contributed by atoms with Gasteiger partial charge in [0.05, 0.1) is 4.88 Å². The van der Waals surface area contributed by atoms with Crippen molar-refractivity contribution in [2.75, 3.05) is 7.05 Å². The molecule has 0 aromatic carbocycles. The Kier molecular flexibility index (Phi) is 5.34. The van der Waals surface area contributed by atoms with Crippen LogP contribution in [0.4, 0.5) is 0 Å². The average molecular weight is 309 g/mol. The molecule has 1 atom stereocenters. The van der Waals surface area contributed by atoms with Crippen molar-refractivity contribution in [2.45, 2.75) is 40.7 Å². The van der Waals surface area contributed by atoms with Crippen molar-refractivity contribution in [2.24, 2.45) is 5.41 Å². The SMILES string of the molecule is Cc1cc(C(=O)N(C)C(C)C(C)(C)C)sc1/C=C/C(=O)O. The molecular formula is C16H23NO3S. The van der Waals surface area contributed by atoms with E-state index in [1.165, 1.54) is 17.4 Å². The molecule has 0 aliphatic heterocycles. The van der Waals surface area contributed by atoms with Gasteiger partial charge in [-0.15, -0.1) is 11.3 Å². The molecule has 1 heterocycles. The molecule has 116 valence electrons. The summed E-state index contributed by atoms with van der Waals surface area (Å²) in [5, 5.41) is 8.67. The minimum absolute atomic E-state index is 0.00273. The van der Waals surface area contributed by atoms with Gasteiger partial charge in [0.2, 0.25) is 0 Å². The zero-order chi connectivity index (χ0) is 16.4. The van der Waals surface area contributed by atoms with Crippen molar-refractivity contribution in [1.82, 2.24) is 4.90 Å². The summed E-state index contributed by atoms with van der Waals surface area (Å²) in [5.41, 5.74) is 0.917. The van der Waals surface area contributed by atoms with Crippen molar-refractivity contribution in [3.05, 3.63) is 27.5 Å². The Balaban J connectivity index is 2.99. The first-order chi connectivity index (χ1) is 9.54. The predicted octanol–water partition coefficient (Wildman–Crippen LogP) is 3.66. The smallest absolute Gasteiger partial charge is 0.328 e. The van der Waals surface area contributed by atoms with E-state index in [-0.39, 0.29) is 17.4 Å². The molecule has 0 saturated heterocycles. The fourth-order valence-corrected chi connectivity index (χ4v) is 2.90. The highest BCUT2D eigenvalue weighted by Crippen LogP contribution is 2.28. The van der Waals surface area contributed by atoms with Gasteiger partial charge >= 0.3 is 5.97 Å². The quantitative estimate of drug-likeness (QED) is 0.864. The van der Waals surface area contributed by atoms with Crippen LogP contribution in [0.1, 0.15) is 47.8 Å². The third-order valence-electron chi connectivity index (χ3n) is 3.70. The first-order valence-corrected chi connectivity index (χ1v) is 7.64.